The Bertz CT molecular complexity index is 279. The van der Waals surface area contributed by atoms with Gasteiger partial charge in [0.25, 0.3) is 0 Å². The van der Waals surface area contributed by atoms with Crippen LogP contribution in [0.5, 0.6) is 0 Å². The van der Waals surface area contributed by atoms with Gasteiger partial charge < -0.3 is 5.43 Å². The van der Waals surface area contributed by atoms with Crippen molar-refractivity contribution < 1.29 is 4.39 Å². The minimum Gasteiger partial charge on any atom is -0.323 e. The van der Waals surface area contributed by atoms with Gasteiger partial charge in [0, 0.05) is 0 Å². The van der Waals surface area contributed by atoms with Crippen molar-refractivity contribution in [3.63, 3.8) is 0 Å². The lowest BCUT2D eigenvalue weighted by Gasteiger charge is -2.03. The average molecular weight is 225 g/mol. The number of nitrogen functional groups attached to an aromatic ring is 1. The van der Waals surface area contributed by atoms with E-state index < -0.39 is 5.82 Å². The Morgan fingerprint density at radius 1 is 1.23 bits per heavy atom. The Hall–Kier alpha value is -0.510. The maximum atomic E-state index is 12.6. The molecule has 1 aromatic carbocycles. The van der Waals surface area contributed by atoms with Crippen LogP contribution in [0.1, 0.15) is 13.8 Å². The molecule has 13 heavy (non-hydrogen) atoms. The molecule has 0 aromatic heterocycles. The maximum absolute atomic E-state index is 12.6. The van der Waals surface area contributed by atoms with Gasteiger partial charge in [-0.25, -0.2) is 4.39 Å². The second-order valence-corrected chi connectivity index (χ2v) is 2.70. The zero-order chi connectivity index (χ0) is 10.4. The zero-order valence-corrected chi connectivity index (χ0v) is 8.88. The fourth-order valence-corrected chi connectivity index (χ4v) is 1.00. The van der Waals surface area contributed by atoms with Gasteiger partial charge in [0.2, 0.25) is 0 Å². The topological polar surface area (TPSA) is 38.0 Å². The normalized spacial score (nSPS) is 8.77. The van der Waals surface area contributed by atoms with Gasteiger partial charge in [-0.1, -0.05) is 37.0 Å². The third-order valence-electron chi connectivity index (χ3n) is 1.17. The molecule has 5 heteroatoms. The zero-order valence-electron chi connectivity index (χ0n) is 7.37. The first kappa shape index (κ1) is 12.5. The summed E-state index contributed by atoms with van der Waals surface area (Å²) in [5.74, 6) is 4.49. The second kappa shape index (κ2) is 6.02. The van der Waals surface area contributed by atoms with E-state index in [9.17, 15) is 4.39 Å². The summed E-state index contributed by atoms with van der Waals surface area (Å²) in [5, 5.41) is 0.191. The lowest BCUT2D eigenvalue weighted by atomic mass is 10.3. The predicted molar refractivity (Wildman–Crippen MR) is 55.6 cm³/mol. The van der Waals surface area contributed by atoms with Gasteiger partial charge in [0.15, 0.2) is 0 Å². The first-order chi connectivity index (χ1) is 6.15. The van der Waals surface area contributed by atoms with Crippen LogP contribution < -0.4 is 11.3 Å². The molecule has 1 rings (SSSR count). The van der Waals surface area contributed by atoms with E-state index >= 15 is 0 Å². The van der Waals surface area contributed by atoms with Crippen molar-refractivity contribution in [1.29, 1.82) is 0 Å². The lowest BCUT2D eigenvalue weighted by molar-refractivity contribution is 0.628. The van der Waals surface area contributed by atoms with E-state index in [1.54, 1.807) is 0 Å². The van der Waals surface area contributed by atoms with Crippen molar-refractivity contribution in [2.45, 2.75) is 13.8 Å². The van der Waals surface area contributed by atoms with Gasteiger partial charge in [-0.2, -0.15) is 0 Å². The molecule has 3 N–H and O–H groups in total. The molecule has 74 valence electrons. The smallest absolute Gasteiger partial charge is 0.143 e. The quantitative estimate of drug-likeness (QED) is 0.436. The highest BCUT2D eigenvalue weighted by atomic mass is 35.5. The first-order valence-corrected chi connectivity index (χ1v) is 4.52. The standard InChI is InChI=1S/C6H5Cl2FN2.C2H6/c7-3-2-6(11-10)4(8)1-5(3)9;1-2/h1-2,11H,10H2;1-2H3. The number of hydrogen-bond acceptors (Lipinski definition) is 2. The molecule has 0 radical (unpaired) electrons. The maximum Gasteiger partial charge on any atom is 0.143 e. The Labute approximate surface area is 86.8 Å². The number of benzene rings is 1. The summed E-state index contributed by atoms with van der Waals surface area (Å²) >= 11 is 11.0. The molecule has 0 aliphatic rings. The molecular weight excluding hydrogens is 214 g/mol. The van der Waals surface area contributed by atoms with Gasteiger partial charge in [-0.3, -0.25) is 5.84 Å². The summed E-state index contributed by atoms with van der Waals surface area (Å²) in [6.45, 7) is 4.00. The van der Waals surface area contributed by atoms with Crippen LogP contribution in [0.25, 0.3) is 0 Å². The third kappa shape index (κ3) is 3.38. The van der Waals surface area contributed by atoms with Crippen molar-refractivity contribution in [2.24, 2.45) is 5.84 Å². The van der Waals surface area contributed by atoms with Gasteiger partial charge in [-0.05, 0) is 12.1 Å². The van der Waals surface area contributed by atoms with E-state index in [1.165, 1.54) is 6.07 Å². The minimum atomic E-state index is -0.560. The molecule has 0 unspecified atom stereocenters. The Morgan fingerprint density at radius 2 is 1.77 bits per heavy atom. The van der Waals surface area contributed by atoms with Crippen LogP contribution in [0, 0.1) is 5.82 Å². The molecule has 0 aliphatic carbocycles. The Morgan fingerprint density at radius 3 is 2.23 bits per heavy atom. The van der Waals surface area contributed by atoms with E-state index in [2.05, 4.69) is 5.43 Å². The fourth-order valence-electron chi connectivity index (χ4n) is 0.633. The molecular formula is C8H11Cl2FN2. The minimum absolute atomic E-state index is 0.0117. The SMILES string of the molecule is CC.NNc1cc(Cl)c(F)cc1Cl. The molecule has 0 saturated heterocycles. The third-order valence-corrected chi connectivity index (χ3v) is 1.77. The number of halogens is 3. The molecule has 0 spiro atoms. The summed E-state index contributed by atoms with van der Waals surface area (Å²) < 4.78 is 12.6. The molecule has 0 aliphatic heterocycles. The lowest BCUT2D eigenvalue weighted by Crippen LogP contribution is -2.07. The summed E-state index contributed by atoms with van der Waals surface area (Å²) in [6, 6.07) is 2.41. The molecule has 1 aromatic rings. The van der Waals surface area contributed by atoms with E-state index in [1.807, 2.05) is 13.8 Å². The van der Waals surface area contributed by atoms with Gasteiger partial charge in [0.05, 0.1) is 15.7 Å². The van der Waals surface area contributed by atoms with Crippen LogP contribution in [0.2, 0.25) is 10.0 Å². The van der Waals surface area contributed by atoms with E-state index in [4.69, 9.17) is 29.0 Å². The highest BCUT2D eigenvalue weighted by molar-refractivity contribution is 6.35. The number of anilines is 1. The monoisotopic (exact) mass is 224 g/mol. The number of hydrazine groups is 1. The number of nitrogens with two attached hydrogens (primary N) is 1. The van der Waals surface area contributed by atoms with E-state index in [-0.39, 0.29) is 10.0 Å². The van der Waals surface area contributed by atoms with Crippen LogP contribution in [0.4, 0.5) is 10.1 Å². The Balaban J connectivity index is 0.000000671. The van der Waals surface area contributed by atoms with Crippen LogP contribution >= 0.6 is 23.2 Å². The summed E-state index contributed by atoms with van der Waals surface area (Å²) in [4.78, 5) is 0. The molecule has 0 amide bonds. The first-order valence-electron chi connectivity index (χ1n) is 3.76. The average Bonchev–Trinajstić information content (AvgIpc) is 2.15. The molecule has 0 heterocycles. The molecule has 0 saturated carbocycles. The number of hydrogen-bond donors (Lipinski definition) is 2. The highest BCUT2D eigenvalue weighted by Crippen LogP contribution is 2.27. The van der Waals surface area contributed by atoms with Crippen molar-refractivity contribution in [3.05, 3.63) is 28.0 Å². The van der Waals surface area contributed by atoms with Crippen molar-refractivity contribution in [1.82, 2.24) is 0 Å². The van der Waals surface area contributed by atoms with Gasteiger partial charge in [-0.15, -0.1) is 0 Å². The fraction of sp³-hybridized carbons (Fsp3) is 0.250. The van der Waals surface area contributed by atoms with E-state index in [0.29, 0.717) is 5.69 Å². The van der Waals surface area contributed by atoms with Crippen molar-refractivity contribution >= 4 is 28.9 Å². The summed E-state index contributed by atoms with van der Waals surface area (Å²) in [7, 11) is 0. The Kier molecular flexibility index (Phi) is 5.79. The van der Waals surface area contributed by atoms with Crippen molar-refractivity contribution in [3.8, 4) is 0 Å². The van der Waals surface area contributed by atoms with Crippen LogP contribution in [0.3, 0.4) is 0 Å². The molecule has 2 nitrogen and oxygen atoms in total. The van der Waals surface area contributed by atoms with Gasteiger partial charge in [0.1, 0.15) is 5.82 Å². The molecule has 0 atom stereocenters. The second-order valence-electron chi connectivity index (χ2n) is 1.89. The van der Waals surface area contributed by atoms with Crippen LogP contribution in [0.15, 0.2) is 12.1 Å². The van der Waals surface area contributed by atoms with Gasteiger partial charge >= 0.3 is 0 Å². The highest BCUT2D eigenvalue weighted by Gasteiger charge is 2.04. The number of nitrogens with one attached hydrogen (secondary N) is 1. The van der Waals surface area contributed by atoms with Crippen LogP contribution in [-0.2, 0) is 0 Å². The molecule has 0 fully saturated rings. The predicted octanol–water partition coefficient (Wildman–Crippen LogP) is 3.44. The molecule has 0 bridgehead atoms. The van der Waals surface area contributed by atoms with E-state index in [0.717, 1.165) is 6.07 Å². The summed E-state index contributed by atoms with van der Waals surface area (Å²) in [5.41, 5.74) is 2.68. The largest absolute Gasteiger partial charge is 0.323 e. The number of rotatable bonds is 1. The van der Waals surface area contributed by atoms with Crippen LogP contribution in [-0.4, -0.2) is 0 Å². The summed E-state index contributed by atoms with van der Waals surface area (Å²) in [6.07, 6.45) is 0. The van der Waals surface area contributed by atoms with Crippen molar-refractivity contribution in [2.75, 3.05) is 5.43 Å².